The zero-order valence-corrected chi connectivity index (χ0v) is 12.9. The lowest BCUT2D eigenvalue weighted by Gasteiger charge is -2.10. The quantitative estimate of drug-likeness (QED) is 0.788. The molecule has 0 radical (unpaired) electrons. The fourth-order valence-corrected chi connectivity index (χ4v) is 1.66. The first-order valence-electron chi connectivity index (χ1n) is 6.73. The Morgan fingerprint density at radius 1 is 1.38 bits per heavy atom. The van der Waals surface area contributed by atoms with Crippen molar-refractivity contribution >= 4 is 5.97 Å². The van der Waals surface area contributed by atoms with Crippen LogP contribution in [-0.2, 0) is 16.7 Å². The van der Waals surface area contributed by atoms with Gasteiger partial charge in [-0.25, -0.2) is 9.48 Å². The molecule has 0 bridgehead atoms. The van der Waals surface area contributed by atoms with Gasteiger partial charge in [-0.1, -0.05) is 31.1 Å². The lowest BCUT2D eigenvalue weighted by Crippen LogP contribution is -2.12. The highest BCUT2D eigenvalue weighted by Crippen LogP contribution is 2.20. The summed E-state index contributed by atoms with van der Waals surface area (Å²) in [6.45, 7) is 10.0. The summed E-state index contributed by atoms with van der Waals surface area (Å²) in [5.74, 6) is 0.564. The van der Waals surface area contributed by atoms with Crippen LogP contribution in [0.1, 0.15) is 55.6 Å². The van der Waals surface area contributed by atoms with Gasteiger partial charge in [0.1, 0.15) is 6.54 Å². The first-order chi connectivity index (χ1) is 9.82. The Kier molecular flexibility index (Phi) is 4.06. The van der Waals surface area contributed by atoms with E-state index in [4.69, 9.17) is 9.26 Å². The Bertz CT molecular complexity index is 639. The molecule has 0 amide bonds. The van der Waals surface area contributed by atoms with Gasteiger partial charge >= 0.3 is 5.97 Å². The second-order valence-corrected chi connectivity index (χ2v) is 5.67. The average Bonchev–Trinajstić information content (AvgIpc) is 2.98. The number of hydrogen-bond donors (Lipinski definition) is 0. The molecule has 0 aliphatic carbocycles. The maximum atomic E-state index is 11.7. The lowest BCUT2D eigenvalue weighted by molar-refractivity contribution is 0.0518. The maximum absolute atomic E-state index is 11.7. The van der Waals surface area contributed by atoms with E-state index in [1.165, 1.54) is 0 Å². The van der Waals surface area contributed by atoms with Crippen LogP contribution >= 0.6 is 0 Å². The van der Waals surface area contributed by atoms with Crippen molar-refractivity contribution in [3.05, 3.63) is 23.1 Å². The molecule has 0 N–H and O–H groups in total. The molecule has 0 aliphatic heterocycles. The van der Waals surface area contributed by atoms with E-state index in [1.54, 1.807) is 18.5 Å². The molecule has 8 heteroatoms. The average molecular weight is 293 g/mol. The van der Waals surface area contributed by atoms with E-state index in [1.807, 2.05) is 20.8 Å². The molecule has 2 heterocycles. The van der Waals surface area contributed by atoms with Crippen molar-refractivity contribution in [2.24, 2.45) is 0 Å². The van der Waals surface area contributed by atoms with Gasteiger partial charge in [0.2, 0.25) is 5.89 Å². The van der Waals surface area contributed by atoms with Crippen LogP contribution in [0.15, 0.2) is 4.52 Å². The van der Waals surface area contributed by atoms with Gasteiger partial charge in [0.05, 0.1) is 12.3 Å². The summed E-state index contributed by atoms with van der Waals surface area (Å²) in [5, 5.41) is 11.7. The fourth-order valence-electron chi connectivity index (χ4n) is 1.66. The molecule has 0 spiro atoms. The minimum atomic E-state index is -0.482. The highest BCUT2D eigenvalue weighted by Gasteiger charge is 2.23. The zero-order chi connectivity index (χ0) is 15.6. The fraction of sp³-hybridized carbons (Fsp3) is 0.615. The summed E-state index contributed by atoms with van der Waals surface area (Å²) >= 11 is 0. The molecule has 0 unspecified atom stereocenters. The van der Waals surface area contributed by atoms with Gasteiger partial charge in [-0.15, -0.1) is 5.10 Å². The van der Waals surface area contributed by atoms with E-state index in [-0.39, 0.29) is 17.7 Å². The van der Waals surface area contributed by atoms with Crippen molar-refractivity contribution in [3.63, 3.8) is 0 Å². The smallest absolute Gasteiger partial charge is 0.360 e. The zero-order valence-electron chi connectivity index (χ0n) is 12.9. The standard InChI is InChI=1S/C13H19N5O3/c1-6-20-11(19)10-8(2)18(17-15-10)7-9-14-12(21-16-9)13(3,4)5/h6-7H2,1-5H3. The predicted octanol–water partition coefficient (Wildman–Crippen LogP) is 1.49. The van der Waals surface area contributed by atoms with E-state index in [2.05, 4.69) is 20.5 Å². The van der Waals surface area contributed by atoms with E-state index < -0.39 is 5.97 Å². The van der Waals surface area contributed by atoms with E-state index in [9.17, 15) is 4.79 Å². The third-order valence-electron chi connectivity index (χ3n) is 2.85. The van der Waals surface area contributed by atoms with E-state index in [0.717, 1.165) is 0 Å². The summed E-state index contributed by atoms with van der Waals surface area (Å²) in [6, 6.07) is 0. The number of esters is 1. The van der Waals surface area contributed by atoms with Crippen LogP contribution in [-0.4, -0.2) is 37.7 Å². The first-order valence-corrected chi connectivity index (χ1v) is 6.73. The Hall–Kier alpha value is -2.25. The predicted molar refractivity (Wildman–Crippen MR) is 72.8 cm³/mol. The van der Waals surface area contributed by atoms with E-state index in [0.29, 0.717) is 24.0 Å². The molecule has 2 aromatic heterocycles. The Morgan fingerprint density at radius 2 is 2.10 bits per heavy atom. The molecular weight excluding hydrogens is 274 g/mol. The van der Waals surface area contributed by atoms with Crippen LogP contribution in [0.4, 0.5) is 0 Å². The minimum absolute atomic E-state index is 0.205. The summed E-state index contributed by atoms with van der Waals surface area (Å²) in [7, 11) is 0. The summed E-state index contributed by atoms with van der Waals surface area (Å²) in [6.07, 6.45) is 0. The highest BCUT2D eigenvalue weighted by atomic mass is 16.5. The molecule has 2 aromatic rings. The van der Waals surface area contributed by atoms with Crippen molar-refractivity contribution in [1.82, 2.24) is 25.1 Å². The number of ether oxygens (including phenoxy) is 1. The molecule has 0 saturated carbocycles. The number of rotatable bonds is 4. The molecular formula is C13H19N5O3. The molecule has 0 fully saturated rings. The molecule has 0 aromatic carbocycles. The van der Waals surface area contributed by atoms with Crippen LogP contribution < -0.4 is 0 Å². The van der Waals surface area contributed by atoms with Gasteiger partial charge in [-0.3, -0.25) is 0 Å². The molecule has 21 heavy (non-hydrogen) atoms. The number of aromatic nitrogens is 5. The summed E-state index contributed by atoms with van der Waals surface area (Å²) in [4.78, 5) is 16.0. The number of carbonyl (C=O) groups excluding carboxylic acids is 1. The number of carbonyl (C=O) groups is 1. The molecule has 8 nitrogen and oxygen atoms in total. The van der Waals surface area contributed by atoms with Gasteiger partial charge in [0.25, 0.3) is 0 Å². The molecule has 2 rings (SSSR count). The van der Waals surface area contributed by atoms with E-state index >= 15 is 0 Å². The first kappa shape index (κ1) is 15.1. The van der Waals surface area contributed by atoms with Crippen molar-refractivity contribution in [3.8, 4) is 0 Å². The Balaban J connectivity index is 2.17. The van der Waals surface area contributed by atoms with Crippen molar-refractivity contribution in [2.45, 2.75) is 46.6 Å². The van der Waals surface area contributed by atoms with Crippen molar-refractivity contribution in [2.75, 3.05) is 6.61 Å². The highest BCUT2D eigenvalue weighted by molar-refractivity contribution is 5.88. The second kappa shape index (κ2) is 5.63. The summed E-state index contributed by atoms with van der Waals surface area (Å²) in [5.41, 5.74) is 0.602. The molecule has 0 atom stereocenters. The SMILES string of the molecule is CCOC(=O)c1nnn(Cc2noc(C(C)(C)C)n2)c1C. The largest absolute Gasteiger partial charge is 0.461 e. The molecule has 114 valence electrons. The maximum Gasteiger partial charge on any atom is 0.360 e. The van der Waals surface area contributed by atoms with Gasteiger partial charge in [0.15, 0.2) is 11.5 Å². The van der Waals surface area contributed by atoms with Gasteiger partial charge in [-0.05, 0) is 13.8 Å². The Morgan fingerprint density at radius 3 is 2.67 bits per heavy atom. The minimum Gasteiger partial charge on any atom is -0.461 e. The molecule has 0 saturated heterocycles. The van der Waals surface area contributed by atoms with Gasteiger partial charge < -0.3 is 9.26 Å². The number of nitrogens with zero attached hydrogens (tertiary/aromatic N) is 5. The van der Waals surface area contributed by atoms with Crippen molar-refractivity contribution < 1.29 is 14.1 Å². The topological polar surface area (TPSA) is 95.9 Å². The van der Waals surface area contributed by atoms with Crippen LogP contribution in [0.25, 0.3) is 0 Å². The Labute approximate surface area is 122 Å². The van der Waals surface area contributed by atoms with Crippen LogP contribution in [0.5, 0.6) is 0 Å². The molecule has 0 aliphatic rings. The lowest BCUT2D eigenvalue weighted by atomic mass is 9.97. The van der Waals surface area contributed by atoms with Crippen molar-refractivity contribution in [1.29, 1.82) is 0 Å². The third-order valence-corrected chi connectivity index (χ3v) is 2.85. The van der Waals surface area contributed by atoms with Crippen LogP contribution in [0, 0.1) is 6.92 Å². The monoisotopic (exact) mass is 293 g/mol. The van der Waals surface area contributed by atoms with Gasteiger partial charge in [0, 0.05) is 5.41 Å². The summed E-state index contributed by atoms with van der Waals surface area (Å²) < 4.78 is 11.7. The third kappa shape index (κ3) is 3.26. The van der Waals surface area contributed by atoms with Crippen LogP contribution in [0.2, 0.25) is 0 Å². The number of hydrogen-bond acceptors (Lipinski definition) is 7. The second-order valence-electron chi connectivity index (χ2n) is 5.67. The van der Waals surface area contributed by atoms with Gasteiger partial charge in [-0.2, -0.15) is 4.98 Å². The van der Waals surface area contributed by atoms with Crippen LogP contribution in [0.3, 0.4) is 0 Å². The normalized spacial score (nSPS) is 11.7.